The molecule has 3 N–H and O–H groups in total. The van der Waals surface area contributed by atoms with Gasteiger partial charge in [0.15, 0.2) is 5.96 Å². The van der Waals surface area contributed by atoms with Crippen molar-refractivity contribution >= 4 is 5.96 Å². The lowest BCUT2D eigenvalue weighted by atomic mass is 9.94. The van der Waals surface area contributed by atoms with E-state index in [2.05, 4.69) is 55.7 Å². The number of aliphatic hydroxyl groups excluding tert-OH is 1. The van der Waals surface area contributed by atoms with Gasteiger partial charge in [-0.25, -0.2) is 0 Å². The van der Waals surface area contributed by atoms with Crippen LogP contribution in [-0.4, -0.2) is 30.8 Å². The van der Waals surface area contributed by atoms with Crippen molar-refractivity contribution in [3.63, 3.8) is 0 Å². The molecule has 0 bridgehead atoms. The summed E-state index contributed by atoms with van der Waals surface area (Å²) in [6.45, 7) is 8.23. The molecule has 0 fully saturated rings. The number of nitrogens with zero attached hydrogens (tertiary/aromatic N) is 1. The first-order valence-corrected chi connectivity index (χ1v) is 10.3. The van der Waals surface area contributed by atoms with E-state index in [1.807, 2.05) is 18.2 Å². The summed E-state index contributed by atoms with van der Waals surface area (Å²) < 4.78 is 5.41. The molecule has 0 aliphatic carbocycles. The summed E-state index contributed by atoms with van der Waals surface area (Å²) in [6, 6.07) is 14.4. The fourth-order valence-electron chi connectivity index (χ4n) is 3.29. The number of hydrogen-bond donors (Lipinski definition) is 3. The summed E-state index contributed by atoms with van der Waals surface area (Å²) in [5, 5.41) is 16.3. The van der Waals surface area contributed by atoms with Gasteiger partial charge < -0.3 is 20.2 Å². The zero-order valence-electron chi connectivity index (χ0n) is 17.4. The molecule has 1 aromatic heterocycles. The van der Waals surface area contributed by atoms with Gasteiger partial charge in [0.05, 0.1) is 12.3 Å². The minimum atomic E-state index is 0.150. The number of aliphatic hydroxyl groups is 1. The van der Waals surface area contributed by atoms with E-state index in [-0.39, 0.29) is 12.6 Å². The first-order valence-electron chi connectivity index (χ1n) is 10.3. The van der Waals surface area contributed by atoms with Crippen molar-refractivity contribution in [3.05, 3.63) is 60.1 Å². The smallest absolute Gasteiger partial charge is 0.191 e. The molecular formula is C23H35N3O2. The fourth-order valence-corrected chi connectivity index (χ4v) is 3.29. The highest BCUT2D eigenvalue weighted by Crippen LogP contribution is 2.16. The fraction of sp³-hybridized carbons (Fsp3) is 0.522. The van der Waals surface area contributed by atoms with Crippen LogP contribution in [0.3, 0.4) is 0 Å². The lowest BCUT2D eigenvalue weighted by Crippen LogP contribution is -2.40. The summed E-state index contributed by atoms with van der Waals surface area (Å²) in [7, 11) is 0. The SMILES string of the molecule is CC(C)CC(CCO)CN=C(NCCc1ccco1)NC(C)c1ccccc1. The molecule has 0 radical (unpaired) electrons. The van der Waals surface area contributed by atoms with Crippen LogP contribution in [0.25, 0.3) is 0 Å². The molecule has 0 saturated carbocycles. The van der Waals surface area contributed by atoms with Gasteiger partial charge in [-0.05, 0) is 49.3 Å². The number of furan rings is 1. The van der Waals surface area contributed by atoms with E-state index in [4.69, 9.17) is 9.41 Å². The van der Waals surface area contributed by atoms with Crippen molar-refractivity contribution in [3.8, 4) is 0 Å². The average Bonchev–Trinajstić information content (AvgIpc) is 3.19. The number of hydrogen-bond acceptors (Lipinski definition) is 3. The Labute approximate surface area is 169 Å². The summed E-state index contributed by atoms with van der Waals surface area (Å²) in [5.41, 5.74) is 1.22. The second-order valence-electron chi connectivity index (χ2n) is 7.73. The Hall–Kier alpha value is -2.27. The minimum absolute atomic E-state index is 0.150. The van der Waals surface area contributed by atoms with Gasteiger partial charge in [-0.3, -0.25) is 4.99 Å². The highest BCUT2D eigenvalue weighted by atomic mass is 16.3. The minimum Gasteiger partial charge on any atom is -0.469 e. The molecule has 2 unspecified atom stereocenters. The van der Waals surface area contributed by atoms with Crippen molar-refractivity contribution in [2.24, 2.45) is 16.8 Å². The van der Waals surface area contributed by atoms with Gasteiger partial charge in [-0.2, -0.15) is 0 Å². The molecule has 0 amide bonds. The second-order valence-corrected chi connectivity index (χ2v) is 7.73. The van der Waals surface area contributed by atoms with Crippen LogP contribution in [-0.2, 0) is 6.42 Å². The van der Waals surface area contributed by atoms with E-state index < -0.39 is 0 Å². The largest absolute Gasteiger partial charge is 0.469 e. The molecule has 2 atom stereocenters. The molecule has 0 aliphatic rings. The highest BCUT2D eigenvalue weighted by Gasteiger charge is 2.12. The number of guanidine groups is 1. The molecule has 0 saturated heterocycles. The van der Waals surface area contributed by atoms with E-state index >= 15 is 0 Å². The third kappa shape index (κ3) is 8.17. The maximum atomic E-state index is 9.37. The Balaban J connectivity index is 2.00. The number of aliphatic imine (C=N–C) groups is 1. The monoisotopic (exact) mass is 385 g/mol. The highest BCUT2D eigenvalue weighted by molar-refractivity contribution is 5.80. The quantitative estimate of drug-likeness (QED) is 0.401. The van der Waals surface area contributed by atoms with Crippen LogP contribution >= 0.6 is 0 Å². The molecule has 28 heavy (non-hydrogen) atoms. The number of benzene rings is 1. The normalized spacial score (nSPS) is 14.1. The molecule has 1 aromatic carbocycles. The maximum absolute atomic E-state index is 9.37. The predicted molar refractivity (Wildman–Crippen MR) is 115 cm³/mol. The van der Waals surface area contributed by atoms with Crippen LogP contribution in [0, 0.1) is 11.8 Å². The van der Waals surface area contributed by atoms with E-state index in [1.54, 1.807) is 6.26 Å². The van der Waals surface area contributed by atoms with E-state index in [0.717, 1.165) is 37.5 Å². The molecule has 2 rings (SSSR count). The van der Waals surface area contributed by atoms with Gasteiger partial charge in [-0.1, -0.05) is 44.2 Å². The maximum Gasteiger partial charge on any atom is 0.191 e. The number of rotatable bonds is 11. The topological polar surface area (TPSA) is 69.8 Å². The van der Waals surface area contributed by atoms with Crippen molar-refractivity contribution < 1.29 is 9.52 Å². The van der Waals surface area contributed by atoms with E-state index in [9.17, 15) is 5.11 Å². The molecule has 2 aromatic rings. The molecule has 0 spiro atoms. The molecule has 1 heterocycles. The van der Waals surface area contributed by atoms with Crippen LogP contribution < -0.4 is 10.6 Å². The summed E-state index contributed by atoms with van der Waals surface area (Å²) >= 11 is 0. The molecular weight excluding hydrogens is 350 g/mol. The second kappa shape index (κ2) is 12.2. The summed E-state index contributed by atoms with van der Waals surface area (Å²) in [6.07, 6.45) is 4.36. The summed E-state index contributed by atoms with van der Waals surface area (Å²) in [4.78, 5) is 4.83. The van der Waals surface area contributed by atoms with E-state index in [0.29, 0.717) is 18.4 Å². The van der Waals surface area contributed by atoms with Gasteiger partial charge in [0.1, 0.15) is 5.76 Å². The van der Waals surface area contributed by atoms with Crippen LogP contribution in [0.4, 0.5) is 0 Å². The van der Waals surface area contributed by atoms with Crippen molar-refractivity contribution in [2.75, 3.05) is 19.7 Å². The first kappa shape index (κ1) is 22.0. The van der Waals surface area contributed by atoms with Crippen LogP contribution in [0.5, 0.6) is 0 Å². The predicted octanol–water partition coefficient (Wildman–Crippen LogP) is 4.16. The molecule has 5 nitrogen and oxygen atoms in total. The van der Waals surface area contributed by atoms with Crippen LogP contribution in [0.15, 0.2) is 58.1 Å². The average molecular weight is 386 g/mol. The van der Waals surface area contributed by atoms with Gasteiger partial charge in [0, 0.05) is 26.1 Å². The Morgan fingerprint density at radius 1 is 1.11 bits per heavy atom. The van der Waals surface area contributed by atoms with Gasteiger partial charge in [0.2, 0.25) is 0 Å². The van der Waals surface area contributed by atoms with Crippen molar-refractivity contribution in [1.29, 1.82) is 0 Å². The standard InChI is InChI=1S/C23H35N3O2/c1-18(2)16-20(12-14-27)17-25-23(24-13-11-22-10-7-15-28-22)26-19(3)21-8-5-4-6-9-21/h4-10,15,18-20,27H,11-14,16-17H2,1-3H3,(H2,24,25,26). The van der Waals surface area contributed by atoms with Crippen LogP contribution in [0.1, 0.15) is 51.0 Å². The Morgan fingerprint density at radius 3 is 2.54 bits per heavy atom. The zero-order valence-corrected chi connectivity index (χ0v) is 17.4. The van der Waals surface area contributed by atoms with Gasteiger partial charge >= 0.3 is 0 Å². The van der Waals surface area contributed by atoms with Crippen molar-refractivity contribution in [2.45, 2.75) is 46.1 Å². The molecule has 154 valence electrons. The lowest BCUT2D eigenvalue weighted by Gasteiger charge is -2.21. The molecule has 0 aliphatic heterocycles. The molecule has 5 heteroatoms. The Kier molecular flexibility index (Phi) is 9.63. The third-order valence-corrected chi connectivity index (χ3v) is 4.75. The van der Waals surface area contributed by atoms with Crippen LogP contribution in [0.2, 0.25) is 0 Å². The van der Waals surface area contributed by atoms with Crippen molar-refractivity contribution in [1.82, 2.24) is 10.6 Å². The Bertz CT molecular complexity index is 668. The summed E-state index contributed by atoms with van der Waals surface area (Å²) in [5.74, 6) is 2.74. The Morgan fingerprint density at radius 2 is 1.89 bits per heavy atom. The lowest BCUT2D eigenvalue weighted by molar-refractivity contribution is 0.245. The first-order chi connectivity index (χ1) is 13.6. The third-order valence-electron chi connectivity index (χ3n) is 4.75. The zero-order chi connectivity index (χ0) is 20.2. The van der Waals surface area contributed by atoms with Gasteiger partial charge in [-0.15, -0.1) is 0 Å². The number of nitrogens with one attached hydrogen (secondary N) is 2. The van der Waals surface area contributed by atoms with E-state index in [1.165, 1.54) is 5.56 Å². The van der Waals surface area contributed by atoms with Gasteiger partial charge in [0.25, 0.3) is 0 Å².